The second-order valence-corrected chi connectivity index (χ2v) is 4.26. The highest BCUT2D eigenvalue weighted by Crippen LogP contribution is 2.20. The summed E-state index contributed by atoms with van der Waals surface area (Å²) in [6, 6.07) is 4.30. The molecule has 0 radical (unpaired) electrons. The lowest BCUT2D eigenvalue weighted by Crippen LogP contribution is -1.87. The minimum atomic E-state index is 0.841. The molecule has 0 unspecified atom stereocenters. The SMILES string of the molecule is CC/C=C/c1ccc(C2=NCC=C2)s1. The van der Waals surface area contributed by atoms with Gasteiger partial charge in [0.05, 0.1) is 17.1 Å². The summed E-state index contributed by atoms with van der Waals surface area (Å²) in [5.41, 5.74) is 1.13. The van der Waals surface area contributed by atoms with E-state index in [1.807, 2.05) is 0 Å². The molecule has 0 spiro atoms. The van der Waals surface area contributed by atoms with E-state index >= 15 is 0 Å². The molecular formula is C12H13NS. The van der Waals surface area contributed by atoms with E-state index in [2.05, 4.69) is 48.4 Å². The van der Waals surface area contributed by atoms with Crippen LogP contribution in [0.15, 0.2) is 35.4 Å². The molecule has 2 rings (SSSR count). The summed E-state index contributed by atoms with van der Waals surface area (Å²) in [7, 11) is 0. The molecule has 1 aromatic heterocycles. The monoisotopic (exact) mass is 203 g/mol. The van der Waals surface area contributed by atoms with Crippen molar-refractivity contribution in [2.45, 2.75) is 13.3 Å². The van der Waals surface area contributed by atoms with Crippen molar-refractivity contribution >= 4 is 23.1 Å². The lowest BCUT2D eigenvalue weighted by molar-refractivity contribution is 1.23. The van der Waals surface area contributed by atoms with E-state index in [-0.39, 0.29) is 0 Å². The molecule has 0 amide bonds. The average Bonchev–Trinajstić information content (AvgIpc) is 2.85. The number of hydrogen-bond donors (Lipinski definition) is 0. The smallest absolute Gasteiger partial charge is 0.0747 e. The van der Waals surface area contributed by atoms with Gasteiger partial charge in [-0.1, -0.05) is 19.1 Å². The van der Waals surface area contributed by atoms with E-state index in [1.165, 1.54) is 9.75 Å². The minimum Gasteiger partial charge on any atom is -0.280 e. The third-order valence-corrected chi connectivity index (χ3v) is 3.11. The fraction of sp³-hybridized carbons (Fsp3) is 0.250. The molecule has 2 heterocycles. The van der Waals surface area contributed by atoms with Gasteiger partial charge in [-0.05, 0) is 30.7 Å². The first kappa shape index (κ1) is 9.41. The molecule has 2 heteroatoms. The predicted octanol–water partition coefficient (Wildman–Crippen LogP) is 3.53. The molecule has 1 nitrogen and oxygen atoms in total. The van der Waals surface area contributed by atoms with Gasteiger partial charge in [0, 0.05) is 4.88 Å². The molecule has 0 N–H and O–H groups in total. The van der Waals surface area contributed by atoms with E-state index in [9.17, 15) is 0 Å². The fourth-order valence-electron chi connectivity index (χ4n) is 1.34. The molecule has 0 bridgehead atoms. The standard InChI is InChI=1S/C12H13NS/c1-2-3-5-10-7-8-12(14-10)11-6-4-9-13-11/h3-8H,2,9H2,1H3/b5-3+. The van der Waals surface area contributed by atoms with Crippen LogP contribution in [0, 0.1) is 0 Å². The van der Waals surface area contributed by atoms with Crippen molar-refractivity contribution in [3.63, 3.8) is 0 Å². The Morgan fingerprint density at radius 3 is 3.14 bits per heavy atom. The summed E-state index contributed by atoms with van der Waals surface area (Å²) < 4.78 is 0. The lowest BCUT2D eigenvalue weighted by Gasteiger charge is -1.89. The molecule has 14 heavy (non-hydrogen) atoms. The maximum absolute atomic E-state index is 4.39. The van der Waals surface area contributed by atoms with Gasteiger partial charge in [-0.2, -0.15) is 0 Å². The zero-order chi connectivity index (χ0) is 9.80. The molecular weight excluding hydrogens is 190 g/mol. The highest BCUT2D eigenvalue weighted by molar-refractivity contribution is 7.15. The van der Waals surface area contributed by atoms with Crippen molar-refractivity contribution in [2.24, 2.45) is 4.99 Å². The highest BCUT2D eigenvalue weighted by atomic mass is 32.1. The van der Waals surface area contributed by atoms with Crippen molar-refractivity contribution < 1.29 is 0 Å². The van der Waals surface area contributed by atoms with E-state index in [0.717, 1.165) is 18.7 Å². The zero-order valence-corrected chi connectivity index (χ0v) is 9.05. The van der Waals surface area contributed by atoms with Crippen molar-refractivity contribution in [3.8, 4) is 0 Å². The molecule has 0 atom stereocenters. The Morgan fingerprint density at radius 2 is 2.43 bits per heavy atom. The van der Waals surface area contributed by atoms with Gasteiger partial charge in [-0.15, -0.1) is 11.3 Å². The molecule has 72 valence electrons. The molecule has 0 saturated carbocycles. The Labute approximate surface area is 88.5 Å². The van der Waals surface area contributed by atoms with Crippen molar-refractivity contribution in [1.82, 2.24) is 0 Å². The Hall–Kier alpha value is -1.15. The van der Waals surface area contributed by atoms with Crippen LogP contribution in [-0.4, -0.2) is 12.3 Å². The number of nitrogens with zero attached hydrogens (tertiary/aromatic N) is 1. The van der Waals surface area contributed by atoms with E-state index in [0.29, 0.717) is 0 Å². The minimum absolute atomic E-state index is 0.841. The van der Waals surface area contributed by atoms with E-state index in [4.69, 9.17) is 0 Å². The molecule has 0 fully saturated rings. The normalized spacial score (nSPS) is 15.4. The topological polar surface area (TPSA) is 12.4 Å². The highest BCUT2D eigenvalue weighted by Gasteiger charge is 2.05. The first-order valence-corrected chi connectivity index (χ1v) is 5.69. The number of hydrogen-bond acceptors (Lipinski definition) is 2. The molecule has 1 aromatic rings. The second-order valence-electron chi connectivity index (χ2n) is 3.14. The van der Waals surface area contributed by atoms with Gasteiger partial charge in [-0.25, -0.2) is 0 Å². The van der Waals surface area contributed by atoms with Crippen LogP contribution in [0.5, 0.6) is 0 Å². The summed E-state index contributed by atoms with van der Waals surface area (Å²) in [6.45, 7) is 2.99. The number of aliphatic imine (C=N–C) groups is 1. The molecule has 1 aliphatic rings. The molecule has 1 aliphatic heterocycles. The maximum Gasteiger partial charge on any atom is 0.0747 e. The summed E-state index contributed by atoms with van der Waals surface area (Å²) in [6.07, 6.45) is 9.64. The van der Waals surface area contributed by atoms with Crippen molar-refractivity contribution in [1.29, 1.82) is 0 Å². The lowest BCUT2D eigenvalue weighted by atomic mass is 10.3. The van der Waals surface area contributed by atoms with E-state index < -0.39 is 0 Å². The number of thiophene rings is 1. The van der Waals surface area contributed by atoms with Crippen LogP contribution in [0.1, 0.15) is 23.1 Å². The van der Waals surface area contributed by atoms with Gasteiger partial charge in [0.1, 0.15) is 0 Å². The first-order valence-electron chi connectivity index (χ1n) is 4.88. The number of rotatable bonds is 3. The van der Waals surface area contributed by atoms with Crippen LogP contribution in [-0.2, 0) is 0 Å². The van der Waals surface area contributed by atoms with Gasteiger partial charge in [0.15, 0.2) is 0 Å². The van der Waals surface area contributed by atoms with E-state index in [1.54, 1.807) is 11.3 Å². The van der Waals surface area contributed by atoms with Gasteiger partial charge >= 0.3 is 0 Å². The Balaban J connectivity index is 2.17. The Morgan fingerprint density at radius 1 is 1.50 bits per heavy atom. The third kappa shape index (κ3) is 2.02. The molecule has 0 aromatic carbocycles. The maximum atomic E-state index is 4.39. The van der Waals surface area contributed by atoms with Crippen LogP contribution < -0.4 is 0 Å². The Kier molecular flexibility index (Phi) is 2.94. The number of allylic oxidation sites excluding steroid dienone is 2. The van der Waals surface area contributed by atoms with Gasteiger partial charge in [0.2, 0.25) is 0 Å². The zero-order valence-electron chi connectivity index (χ0n) is 8.23. The van der Waals surface area contributed by atoms with Crippen LogP contribution in [0.4, 0.5) is 0 Å². The summed E-state index contributed by atoms with van der Waals surface area (Å²) in [5, 5.41) is 0. The molecule has 0 aliphatic carbocycles. The van der Waals surface area contributed by atoms with Crippen molar-refractivity contribution in [3.05, 3.63) is 40.1 Å². The predicted molar refractivity (Wildman–Crippen MR) is 64.2 cm³/mol. The van der Waals surface area contributed by atoms with Crippen LogP contribution in [0.3, 0.4) is 0 Å². The van der Waals surface area contributed by atoms with Crippen LogP contribution in [0.25, 0.3) is 6.08 Å². The van der Waals surface area contributed by atoms with Crippen LogP contribution >= 0.6 is 11.3 Å². The first-order chi connectivity index (χ1) is 6.90. The van der Waals surface area contributed by atoms with Crippen molar-refractivity contribution in [2.75, 3.05) is 6.54 Å². The molecule has 0 saturated heterocycles. The largest absolute Gasteiger partial charge is 0.280 e. The second kappa shape index (κ2) is 4.38. The fourth-order valence-corrected chi connectivity index (χ4v) is 2.27. The summed E-state index contributed by atoms with van der Waals surface area (Å²) >= 11 is 1.80. The third-order valence-electron chi connectivity index (χ3n) is 2.04. The Bertz CT molecular complexity index is 396. The van der Waals surface area contributed by atoms with Crippen LogP contribution in [0.2, 0.25) is 0 Å². The average molecular weight is 203 g/mol. The van der Waals surface area contributed by atoms with Gasteiger partial charge in [-0.3, -0.25) is 4.99 Å². The van der Waals surface area contributed by atoms with Gasteiger partial charge in [0.25, 0.3) is 0 Å². The van der Waals surface area contributed by atoms with Gasteiger partial charge < -0.3 is 0 Å². The summed E-state index contributed by atoms with van der Waals surface area (Å²) in [5.74, 6) is 0. The summed E-state index contributed by atoms with van der Waals surface area (Å²) in [4.78, 5) is 6.97. The quantitative estimate of drug-likeness (QED) is 0.712.